The Labute approximate surface area is 112 Å². The first-order valence-corrected chi connectivity index (χ1v) is 6.62. The Balaban J connectivity index is 2.54. The van der Waals surface area contributed by atoms with Crippen LogP contribution in [-0.4, -0.2) is 33.7 Å². The first-order chi connectivity index (χ1) is 8.72. The number of rotatable bonds is 6. The third-order valence-electron chi connectivity index (χ3n) is 2.00. The van der Waals surface area contributed by atoms with Gasteiger partial charge in [-0.1, -0.05) is 0 Å². The van der Waals surface area contributed by atoms with Crippen molar-refractivity contribution < 1.29 is 22.7 Å². The molecule has 0 amide bonds. The number of hydrogen-bond donors (Lipinski definition) is 2. The van der Waals surface area contributed by atoms with Crippen LogP contribution in [0.2, 0.25) is 0 Å². The van der Waals surface area contributed by atoms with Gasteiger partial charge in [0.2, 0.25) is 11.6 Å². The van der Waals surface area contributed by atoms with E-state index in [9.17, 15) is 22.7 Å². The lowest BCUT2D eigenvalue weighted by atomic mass is 10.2. The van der Waals surface area contributed by atoms with Gasteiger partial charge in [-0.2, -0.15) is 34.3 Å². The highest BCUT2D eigenvalue weighted by Crippen LogP contribution is 2.22. The molecule has 0 atom stereocenters. The zero-order valence-electron chi connectivity index (χ0n) is 10.4. The summed E-state index contributed by atoms with van der Waals surface area (Å²) in [5.41, 5.74) is -1.72. The van der Waals surface area contributed by atoms with Gasteiger partial charge in [-0.3, -0.25) is 0 Å². The molecule has 1 aromatic rings. The average molecular weight is 298 g/mol. The van der Waals surface area contributed by atoms with Crippen LogP contribution in [0.1, 0.15) is 13.8 Å². The molecule has 0 fully saturated rings. The number of anilines is 1. The second-order valence-electron chi connectivity index (χ2n) is 4.49. The molecule has 0 spiro atoms. The van der Waals surface area contributed by atoms with Crippen LogP contribution in [0.4, 0.5) is 23.2 Å². The maximum atomic E-state index is 13.2. The van der Waals surface area contributed by atoms with Gasteiger partial charge < -0.3 is 10.4 Å². The Morgan fingerprint density at radius 1 is 1.16 bits per heavy atom. The summed E-state index contributed by atoms with van der Waals surface area (Å²) in [6, 6.07) is 0. The summed E-state index contributed by atoms with van der Waals surface area (Å²) in [5.74, 6) is -5.64. The first-order valence-electron chi connectivity index (χ1n) is 5.46. The van der Waals surface area contributed by atoms with E-state index in [0.717, 1.165) is 0 Å². The van der Waals surface area contributed by atoms with Gasteiger partial charge in [0.05, 0.1) is 5.60 Å². The number of nitrogens with zero attached hydrogens (tertiary/aromatic N) is 1. The summed E-state index contributed by atoms with van der Waals surface area (Å²) in [7, 11) is 0. The SMILES string of the molecule is CC(C)(O)CSCCNc1c(F)c(F)nc(F)c1F. The van der Waals surface area contributed by atoms with Crippen molar-refractivity contribution in [1.29, 1.82) is 0 Å². The number of nitrogens with one attached hydrogen (secondary N) is 1. The summed E-state index contributed by atoms with van der Waals surface area (Å²) in [4.78, 5) is 2.45. The van der Waals surface area contributed by atoms with Gasteiger partial charge in [0.15, 0.2) is 0 Å². The molecule has 0 unspecified atom stereocenters. The smallest absolute Gasteiger partial charge is 0.253 e. The Hall–Kier alpha value is -1.02. The van der Waals surface area contributed by atoms with Crippen molar-refractivity contribution in [2.45, 2.75) is 19.4 Å². The maximum absolute atomic E-state index is 13.2. The molecule has 108 valence electrons. The van der Waals surface area contributed by atoms with E-state index < -0.39 is 34.8 Å². The monoisotopic (exact) mass is 298 g/mol. The second-order valence-corrected chi connectivity index (χ2v) is 5.59. The molecule has 0 bridgehead atoms. The highest BCUT2D eigenvalue weighted by atomic mass is 32.2. The average Bonchev–Trinajstić information content (AvgIpc) is 2.29. The molecular weight excluding hydrogens is 284 g/mol. The topological polar surface area (TPSA) is 45.1 Å². The lowest BCUT2D eigenvalue weighted by molar-refractivity contribution is 0.107. The minimum absolute atomic E-state index is 0.0947. The fourth-order valence-electron chi connectivity index (χ4n) is 1.21. The molecule has 0 aromatic carbocycles. The van der Waals surface area contributed by atoms with E-state index in [1.165, 1.54) is 11.8 Å². The molecule has 0 saturated heterocycles. The van der Waals surface area contributed by atoms with Crippen LogP contribution in [0.25, 0.3) is 0 Å². The molecule has 0 aliphatic heterocycles. The molecule has 1 rings (SSSR count). The zero-order valence-corrected chi connectivity index (χ0v) is 11.3. The standard InChI is InChI=1S/C11H14F4N2OS/c1-11(2,18)5-19-4-3-16-8-6(12)9(14)17-10(15)7(8)13/h18H,3-5H2,1-2H3,(H,16,17). The van der Waals surface area contributed by atoms with Crippen molar-refractivity contribution in [3.63, 3.8) is 0 Å². The molecular formula is C11H14F4N2OS. The Morgan fingerprint density at radius 3 is 2.16 bits per heavy atom. The van der Waals surface area contributed by atoms with Gasteiger partial charge >= 0.3 is 0 Å². The van der Waals surface area contributed by atoms with Crippen LogP contribution >= 0.6 is 11.8 Å². The zero-order chi connectivity index (χ0) is 14.6. The van der Waals surface area contributed by atoms with E-state index in [2.05, 4.69) is 10.3 Å². The lowest BCUT2D eigenvalue weighted by Crippen LogP contribution is -2.22. The molecule has 0 saturated carbocycles. The maximum Gasteiger partial charge on any atom is 0.253 e. The van der Waals surface area contributed by atoms with E-state index in [1.807, 2.05) is 0 Å². The van der Waals surface area contributed by atoms with Gasteiger partial charge in [-0.25, -0.2) is 0 Å². The van der Waals surface area contributed by atoms with E-state index in [-0.39, 0.29) is 6.54 Å². The van der Waals surface area contributed by atoms with Gasteiger partial charge in [-0.15, -0.1) is 0 Å². The molecule has 8 heteroatoms. The molecule has 0 aliphatic carbocycles. The molecule has 19 heavy (non-hydrogen) atoms. The summed E-state index contributed by atoms with van der Waals surface area (Å²) in [6.07, 6.45) is 0. The van der Waals surface area contributed by atoms with E-state index in [0.29, 0.717) is 11.5 Å². The summed E-state index contributed by atoms with van der Waals surface area (Å²) in [6.45, 7) is 3.35. The predicted molar refractivity (Wildman–Crippen MR) is 66.2 cm³/mol. The molecule has 1 heterocycles. The normalized spacial score (nSPS) is 11.7. The quantitative estimate of drug-likeness (QED) is 0.481. The molecule has 2 N–H and O–H groups in total. The number of halogens is 4. The van der Waals surface area contributed by atoms with Crippen LogP contribution < -0.4 is 5.32 Å². The van der Waals surface area contributed by atoms with Gasteiger partial charge in [0.1, 0.15) is 5.69 Å². The minimum atomic E-state index is -1.69. The van der Waals surface area contributed by atoms with Crippen LogP contribution in [-0.2, 0) is 0 Å². The molecule has 0 radical (unpaired) electrons. The third-order valence-corrected chi connectivity index (χ3v) is 3.40. The third kappa shape index (κ3) is 4.87. The fraction of sp³-hybridized carbons (Fsp3) is 0.545. The number of pyridine rings is 1. The highest BCUT2D eigenvalue weighted by Gasteiger charge is 2.20. The highest BCUT2D eigenvalue weighted by molar-refractivity contribution is 7.99. The minimum Gasteiger partial charge on any atom is -0.390 e. The number of thioether (sulfide) groups is 1. The predicted octanol–water partition coefficient (Wildman–Crippen LogP) is 2.55. The van der Waals surface area contributed by atoms with Crippen LogP contribution in [0.5, 0.6) is 0 Å². The van der Waals surface area contributed by atoms with Gasteiger partial charge in [0, 0.05) is 18.1 Å². The van der Waals surface area contributed by atoms with Gasteiger partial charge in [0.25, 0.3) is 11.9 Å². The van der Waals surface area contributed by atoms with E-state index in [4.69, 9.17) is 0 Å². The van der Waals surface area contributed by atoms with Crippen molar-refractivity contribution in [1.82, 2.24) is 4.98 Å². The van der Waals surface area contributed by atoms with Gasteiger partial charge in [-0.05, 0) is 13.8 Å². The molecule has 0 aliphatic rings. The van der Waals surface area contributed by atoms with E-state index >= 15 is 0 Å². The first kappa shape index (κ1) is 16.0. The Kier molecular flexibility index (Phi) is 5.42. The van der Waals surface area contributed by atoms with Crippen molar-refractivity contribution in [3.05, 3.63) is 23.5 Å². The summed E-state index contributed by atoms with van der Waals surface area (Å²) < 4.78 is 51.9. The van der Waals surface area contributed by atoms with Crippen LogP contribution in [0, 0.1) is 23.5 Å². The Morgan fingerprint density at radius 2 is 1.68 bits per heavy atom. The van der Waals surface area contributed by atoms with Crippen molar-refractivity contribution >= 4 is 17.4 Å². The second kappa shape index (κ2) is 6.42. The van der Waals surface area contributed by atoms with E-state index in [1.54, 1.807) is 13.8 Å². The largest absolute Gasteiger partial charge is 0.390 e. The van der Waals surface area contributed by atoms with Crippen molar-refractivity contribution in [2.75, 3.05) is 23.4 Å². The molecule has 1 aromatic heterocycles. The summed E-state index contributed by atoms with van der Waals surface area (Å²) >= 11 is 1.34. The summed E-state index contributed by atoms with van der Waals surface area (Å²) in [5, 5.41) is 11.7. The van der Waals surface area contributed by atoms with Crippen molar-refractivity contribution in [2.24, 2.45) is 0 Å². The lowest BCUT2D eigenvalue weighted by Gasteiger charge is -2.16. The Bertz CT molecular complexity index is 425. The van der Waals surface area contributed by atoms with Crippen LogP contribution in [0.3, 0.4) is 0 Å². The number of hydrogen-bond acceptors (Lipinski definition) is 4. The number of aromatic nitrogens is 1. The van der Waals surface area contributed by atoms with Crippen molar-refractivity contribution in [3.8, 4) is 0 Å². The molecule has 3 nitrogen and oxygen atoms in total. The van der Waals surface area contributed by atoms with Crippen LogP contribution in [0.15, 0.2) is 0 Å². The number of aliphatic hydroxyl groups is 1. The fourth-order valence-corrected chi connectivity index (χ4v) is 2.10.